The summed E-state index contributed by atoms with van der Waals surface area (Å²) in [4.78, 5) is 2.15. The van der Waals surface area contributed by atoms with Crippen LogP contribution in [0.5, 0.6) is 0 Å². The van der Waals surface area contributed by atoms with Gasteiger partial charge in [0.1, 0.15) is 11.6 Å². The summed E-state index contributed by atoms with van der Waals surface area (Å²) in [5.74, 6) is -1.15. The molecule has 1 aliphatic rings. The molecule has 1 aliphatic heterocycles. The lowest BCUT2D eigenvalue weighted by molar-refractivity contribution is -0.0364. The Labute approximate surface area is 106 Å². The van der Waals surface area contributed by atoms with Crippen molar-refractivity contribution >= 4 is 0 Å². The van der Waals surface area contributed by atoms with Crippen LogP contribution in [0.1, 0.15) is 25.3 Å². The Morgan fingerprint density at radius 2 is 2.00 bits per heavy atom. The summed E-state index contributed by atoms with van der Waals surface area (Å²) in [7, 11) is 1.99. The van der Waals surface area contributed by atoms with Gasteiger partial charge in [-0.2, -0.15) is 0 Å². The molecule has 18 heavy (non-hydrogen) atoms. The highest BCUT2D eigenvalue weighted by Crippen LogP contribution is 2.30. The van der Waals surface area contributed by atoms with Gasteiger partial charge in [-0.05, 0) is 38.9 Å². The molecule has 1 fully saturated rings. The van der Waals surface area contributed by atoms with Crippen molar-refractivity contribution in [3.8, 4) is 0 Å². The minimum absolute atomic E-state index is 0.00301. The molecule has 0 bridgehead atoms. The molecule has 0 saturated carbocycles. The van der Waals surface area contributed by atoms with Crippen molar-refractivity contribution in [2.75, 3.05) is 13.6 Å². The van der Waals surface area contributed by atoms with E-state index < -0.39 is 17.2 Å². The molecule has 0 radical (unpaired) electrons. The first-order valence-corrected chi connectivity index (χ1v) is 6.27. The molecule has 1 saturated heterocycles. The molecule has 0 aromatic heterocycles. The second-order valence-electron chi connectivity index (χ2n) is 5.39. The third-order valence-corrected chi connectivity index (χ3v) is 3.93. The number of aliphatic hydroxyl groups is 1. The smallest absolute Gasteiger partial charge is 0.129 e. The summed E-state index contributed by atoms with van der Waals surface area (Å²) < 4.78 is 27.2. The Hall–Kier alpha value is -1.00. The van der Waals surface area contributed by atoms with Gasteiger partial charge in [-0.25, -0.2) is 8.78 Å². The lowest BCUT2D eigenvalue weighted by Gasteiger charge is -2.41. The zero-order valence-corrected chi connectivity index (χ0v) is 10.8. The van der Waals surface area contributed by atoms with Crippen LogP contribution in [0.3, 0.4) is 0 Å². The number of likely N-dealkylation sites (tertiary alicyclic amines) is 1. The lowest BCUT2D eigenvalue weighted by Crippen LogP contribution is -2.48. The van der Waals surface area contributed by atoms with Gasteiger partial charge < -0.3 is 10.0 Å². The molecule has 2 nitrogen and oxygen atoms in total. The molecule has 2 unspecified atom stereocenters. The molecule has 2 atom stereocenters. The van der Waals surface area contributed by atoms with Crippen molar-refractivity contribution in [2.24, 2.45) is 0 Å². The molecule has 0 aliphatic carbocycles. The highest BCUT2D eigenvalue weighted by molar-refractivity contribution is 5.22. The monoisotopic (exact) mass is 255 g/mol. The summed E-state index contributed by atoms with van der Waals surface area (Å²) in [6.45, 7) is 2.76. The van der Waals surface area contributed by atoms with E-state index >= 15 is 0 Å². The second kappa shape index (κ2) is 4.94. The molecule has 1 aromatic rings. The third kappa shape index (κ3) is 2.70. The number of rotatable bonds is 2. The lowest BCUT2D eigenvalue weighted by atomic mass is 9.82. The number of hydrogen-bond donors (Lipinski definition) is 1. The van der Waals surface area contributed by atoms with Gasteiger partial charge in [0.05, 0.1) is 5.60 Å². The number of benzene rings is 1. The van der Waals surface area contributed by atoms with E-state index in [1.807, 2.05) is 14.0 Å². The minimum Gasteiger partial charge on any atom is -0.389 e. The highest BCUT2D eigenvalue weighted by Gasteiger charge is 2.36. The van der Waals surface area contributed by atoms with E-state index in [4.69, 9.17) is 0 Å². The first-order chi connectivity index (χ1) is 8.41. The number of piperidine rings is 1. The number of nitrogens with zero attached hydrogens (tertiary/aromatic N) is 1. The fourth-order valence-electron chi connectivity index (χ4n) is 2.60. The predicted octanol–water partition coefficient (Wildman–Crippen LogP) is 2.35. The maximum absolute atomic E-state index is 13.6. The van der Waals surface area contributed by atoms with Gasteiger partial charge in [0.15, 0.2) is 0 Å². The average molecular weight is 255 g/mol. The van der Waals surface area contributed by atoms with Gasteiger partial charge in [-0.15, -0.1) is 0 Å². The Morgan fingerprint density at radius 3 is 2.56 bits per heavy atom. The molecule has 1 N–H and O–H groups in total. The van der Waals surface area contributed by atoms with E-state index in [1.165, 1.54) is 18.2 Å². The minimum atomic E-state index is -1.00. The maximum Gasteiger partial charge on any atom is 0.129 e. The molecular formula is C14H19F2NO. The average Bonchev–Trinajstić information content (AvgIpc) is 2.30. The largest absolute Gasteiger partial charge is 0.389 e. The molecule has 1 aromatic carbocycles. The van der Waals surface area contributed by atoms with Crippen molar-refractivity contribution in [1.82, 2.24) is 4.90 Å². The highest BCUT2D eigenvalue weighted by atomic mass is 19.1. The van der Waals surface area contributed by atoms with Gasteiger partial charge in [-0.1, -0.05) is 6.07 Å². The zero-order chi connectivity index (χ0) is 13.3. The molecule has 2 rings (SSSR count). The first-order valence-electron chi connectivity index (χ1n) is 6.27. The van der Waals surface area contributed by atoms with E-state index in [0.717, 1.165) is 6.54 Å². The van der Waals surface area contributed by atoms with Crippen LogP contribution >= 0.6 is 0 Å². The second-order valence-corrected chi connectivity index (χ2v) is 5.39. The van der Waals surface area contributed by atoms with Crippen molar-refractivity contribution in [3.63, 3.8) is 0 Å². The Bertz CT molecular complexity index is 418. The molecule has 0 spiro atoms. The standard InChI is InChI=1S/C14H19F2NO/c1-10-8-14(18,6-7-17(10)2)9-11-12(15)4-3-5-13(11)16/h3-5,10,18H,6-9H2,1-2H3. The summed E-state index contributed by atoms with van der Waals surface area (Å²) in [6, 6.07) is 4.04. The van der Waals surface area contributed by atoms with Gasteiger partial charge in [0.2, 0.25) is 0 Å². The van der Waals surface area contributed by atoms with Crippen molar-refractivity contribution < 1.29 is 13.9 Å². The van der Waals surface area contributed by atoms with Crippen LogP contribution in [-0.2, 0) is 6.42 Å². The molecule has 4 heteroatoms. The molecule has 0 amide bonds. The number of halogens is 2. The first kappa shape index (κ1) is 13.4. The fourth-order valence-corrected chi connectivity index (χ4v) is 2.60. The van der Waals surface area contributed by atoms with Crippen molar-refractivity contribution in [1.29, 1.82) is 0 Å². The van der Waals surface area contributed by atoms with Gasteiger partial charge >= 0.3 is 0 Å². The fraction of sp³-hybridized carbons (Fsp3) is 0.571. The summed E-state index contributed by atoms with van der Waals surface area (Å²) in [6.07, 6.45) is 1.13. The van der Waals surface area contributed by atoms with Gasteiger partial charge in [0.25, 0.3) is 0 Å². The predicted molar refractivity (Wildman–Crippen MR) is 66.3 cm³/mol. The quantitative estimate of drug-likeness (QED) is 0.877. The summed E-state index contributed by atoms with van der Waals surface area (Å²) >= 11 is 0. The van der Waals surface area contributed by atoms with Crippen LogP contribution in [-0.4, -0.2) is 35.2 Å². The van der Waals surface area contributed by atoms with E-state index in [1.54, 1.807) is 0 Å². The molecule has 100 valence electrons. The van der Waals surface area contributed by atoms with Crippen LogP contribution in [0.4, 0.5) is 8.78 Å². The van der Waals surface area contributed by atoms with Crippen LogP contribution in [0.2, 0.25) is 0 Å². The Balaban J connectivity index is 2.18. The van der Waals surface area contributed by atoms with E-state index in [9.17, 15) is 13.9 Å². The normalized spacial score (nSPS) is 29.5. The molecular weight excluding hydrogens is 236 g/mol. The van der Waals surface area contributed by atoms with Crippen LogP contribution in [0, 0.1) is 11.6 Å². The summed E-state index contributed by atoms with van der Waals surface area (Å²) in [5.41, 5.74) is -1.01. The third-order valence-electron chi connectivity index (χ3n) is 3.93. The van der Waals surface area contributed by atoms with Crippen LogP contribution < -0.4 is 0 Å². The van der Waals surface area contributed by atoms with Gasteiger partial charge in [-0.3, -0.25) is 0 Å². The number of hydrogen-bond acceptors (Lipinski definition) is 2. The van der Waals surface area contributed by atoms with Crippen LogP contribution in [0.25, 0.3) is 0 Å². The SMILES string of the molecule is CC1CC(O)(Cc2c(F)cccc2F)CCN1C. The Morgan fingerprint density at radius 1 is 1.39 bits per heavy atom. The topological polar surface area (TPSA) is 23.5 Å². The van der Waals surface area contributed by atoms with Crippen LogP contribution in [0.15, 0.2) is 18.2 Å². The van der Waals surface area contributed by atoms with E-state index in [2.05, 4.69) is 4.90 Å². The maximum atomic E-state index is 13.6. The molecule has 1 heterocycles. The van der Waals surface area contributed by atoms with Gasteiger partial charge in [0, 0.05) is 24.6 Å². The summed E-state index contributed by atoms with van der Waals surface area (Å²) in [5, 5.41) is 10.5. The Kier molecular flexibility index (Phi) is 3.69. The van der Waals surface area contributed by atoms with E-state index in [0.29, 0.717) is 12.8 Å². The zero-order valence-electron chi connectivity index (χ0n) is 10.8. The van der Waals surface area contributed by atoms with Crippen molar-refractivity contribution in [2.45, 2.75) is 37.8 Å². The van der Waals surface area contributed by atoms with E-state index in [-0.39, 0.29) is 18.0 Å². The van der Waals surface area contributed by atoms with Crippen molar-refractivity contribution in [3.05, 3.63) is 35.4 Å².